The summed E-state index contributed by atoms with van der Waals surface area (Å²) in [5, 5.41) is 13.4. The van der Waals surface area contributed by atoms with E-state index in [-0.39, 0.29) is 5.82 Å². The molecule has 1 heterocycles. The molecule has 0 bridgehead atoms. The van der Waals surface area contributed by atoms with E-state index >= 15 is 0 Å². The summed E-state index contributed by atoms with van der Waals surface area (Å²) in [6, 6.07) is 4.55. The van der Waals surface area contributed by atoms with Gasteiger partial charge >= 0.3 is 0 Å². The molecule has 2 N–H and O–H groups in total. The van der Waals surface area contributed by atoms with Gasteiger partial charge in [0.2, 0.25) is 0 Å². The number of piperazine rings is 1. The number of β-amino-alcohol motifs (C(OH)–C–C–N with tert-alkyl or cyclic N) is 1. The number of benzene rings is 1. The molecule has 0 aromatic heterocycles. The molecule has 1 atom stereocenters. The van der Waals surface area contributed by atoms with E-state index < -0.39 is 6.10 Å². The van der Waals surface area contributed by atoms with Crippen LogP contribution in [0.15, 0.2) is 18.2 Å². The molecular weight excluding hydrogens is 219 g/mol. The lowest BCUT2D eigenvalue weighted by Crippen LogP contribution is -2.45. The molecule has 1 aromatic carbocycles. The molecule has 3 nitrogen and oxygen atoms in total. The first-order valence-electron chi connectivity index (χ1n) is 6.04. The van der Waals surface area contributed by atoms with Crippen molar-refractivity contribution in [1.82, 2.24) is 10.2 Å². The first-order valence-corrected chi connectivity index (χ1v) is 6.04. The summed E-state index contributed by atoms with van der Waals surface area (Å²) >= 11 is 0. The Kier molecular flexibility index (Phi) is 4.10. The van der Waals surface area contributed by atoms with Gasteiger partial charge in [-0.15, -0.1) is 0 Å². The number of nitrogens with one attached hydrogen (secondary N) is 1. The van der Waals surface area contributed by atoms with Crippen LogP contribution in [-0.2, 0) is 0 Å². The zero-order chi connectivity index (χ0) is 12.3. The van der Waals surface area contributed by atoms with E-state index in [1.807, 2.05) is 6.92 Å². The van der Waals surface area contributed by atoms with Crippen molar-refractivity contribution in [3.8, 4) is 0 Å². The summed E-state index contributed by atoms with van der Waals surface area (Å²) < 4.78 is 13.0. The van der Waals surface area contributed by atoms with Crippen LogP contribution in [0.25, 0.3) is 0 Å². The number of halogens is 1. The van der Waals surface area contributed by atoms with E-state index in [2.05, 4.69) is 10.2 Å². The predicted molar refractivity (Wildman–Crippen MR) is 65.4 cm³/mol. The van der Waals surface area contributed by atoms with Gasteiger partial charge < -0.3 is 10.4 Å². The number of rotatable bonds is 3. The number of hydrogen-bond acceptors (Lipinski definition) is 3. The Morgan fingerprint density at radius 3 is 2.76 bits per heavy atom. The van der Waals surface area contributed by atoms with Crippen LogP contribution in [0.1, 0.15) is 17.2 Å². The van der Waals surface area contributed by atoms with Crippen molar-refractivity contribution in [2.24, 2.45) is 0 Å². The maximum Gasteiger partial charge on any atom is 0.123 e. The third-order valence-corrected chi connectivity index (χ3v) is 3.23. The minimum absolute atomic E-state index is 0.249. The third-order valence-electron chi connectivity index (χ3n) is 3.23. The quantitative estimate of drug-likeness (QED) is 0.827. The Hall–Kier alpha value is -0.970. The fraction of sp³-hybridized carbons (Fsp3) is 0.538. The maximum absolute atomic E-state index is 13.0. The van der Waals surface area contributed by atoms with E-state index in [1.54, 1.807) is 6.07 Å². The highest BCUT2D eigenvalue weighted by Gasteiger charge is 2.17. The number of hydrogen-bond donors (Lipinski definition) is 2. The van der Waals surface area contributed by atoms with Crippen molar-refractivity contribution in [1.29, 1.82) is 0 Å². The molecule has 1 aromatic rings. The Bertz CT molecular complexity index is 378. The van der Waals surface area contributed by atoms with Crippen LogP contribution in [-0.4, -0.2) is 42.7 Å². The molecule has 0 spiro atoms. The van der Waals surface area contributed by atoms with Crippen molar-refractivity contribution in [2.45, 2.75) is 13.0 Å². The molecule has 0 saturated carbocycles. The molecule has 0 amide bonds. The van der Waals surface area contributed by atoms with Crippen molar-refractivity contribution in [3.05, 3.63) is 35.1 Å². The average Bonchev–Trinajstić information content (AvgIpc) is 2.30. The fourth-order valence-electron chi connectivity index (χ4n) is 2.25. The standard InChI is InChI=1S/C13H19FN2O/c1-10-8-11(14)2-3-12(10)13(17)9-16-6-4-15-5-7-16/h2-3,8,13,15,17H,4-7,9H2,1H3. The fourth-order valence-corrected chi connectivity index (χ4v) is 2.25. The van der Waals surface area contributed by atoms with Gasteiger partial charge in [0.15, 0.2) is 0 Å². The molecule has 17 heavy (non-hydrogen) atoms. The van der Waals surface area contributed by atoms with E-state index in [4.69, 9.17) is 0 Å². The van der Waals surface area contributed by atoms with E-state index in [0.717, 1.165) is 37.3 Å². The summed E-state index contributed by atoms with van der Waals surface area (Å²) in [4.78, 5) is 2.23. The van der Waals surface area contributed by atoms with Gasteiger partial charge in [0.25, 0.3) is 0 Å². The number of nitrogens with zero attached hydrogens (tertiary/aromatic N) is 1. The summed E-state index contributed by atoms with van der Waals surface area (Å²) in [5.41, 5.74) is 1.64. The lowest BCUT2D eigenvalue weighted by molar-refractivity contribution is 0.105. The zero-order valence-corrected chi connectivity index (χ0v) is 10.1. The van der Waals surface area contributed by atoms with Crippen LogP contribution in [0, 0.1) is 12.7 Å². The molecule has 1 aliphatic heterocycles. The SMILES string of the molecule is Cc1cc(F)ccc1C(O)CN1CCNCC1. The van der Waals surface area contributed by atoms with Crippen molar-refractivity contribution < 1.29 is 9.50 Å². The van der Waals surface area contributed by atoms with Crippen molar-refractivity contribution >= 4 is 0 Å². The highest BCUT2D eigenvalue weighted by atomic mass is 19.1. The maximum atomic E-state index is 13.0. The largest absolute Gasteiger partial charge is 0.387 e. The van der Waals surface area contributed by atoms with E-state index in [0.29, 0.717) is 6.54 Å². The molecule has 1 unspecified atom stereocenters. The molecule has 0 radical (unpaired) electrons. The second kappa shape index (κ2) is 5.58. The van der Waals surface area contributed by atoms with Crippen LogP contribution < -0.4 is 5.32 Å². The van der Waals surface area contributed by atoms with Gasteiger partial charge in [-0.2, -0.15) is 0 Å². The Morgan fingerprint density at radius 1 is 1.41 bits per heavy atom. The molecule has 1 saturated heterocycles. The Balaban J connectivity index is 2.00. The number of aliphatic hydroxyl groups excluding tert-OH is 1. The van der Waals surface area contributed by atoms with E-state index in [1.165, 1.54) is 12.1 Å². The zero-order valence-electron chi connectivity index (χ0n) is 10.1. The van der Waals surface area contributed by atoms with Crippen LogP contribution in [0.2, 0.25) is 0 Å². The normalized spacial score (nSPS) is 19.2. The third kappa shape index (κ3) is 3.25. The first-order chi connectivity index (χ1) is 8.16. The Labute approximate surface area is 101 Å². The molecular formula is C13H19FN2O. The molecule has 0 aliphatic carbocycles. The first kappa shape index (κ1) is 12.5. The highest BCUT2D eigenvalue weighted by molar-refractivity contribution is 5.28. The summed E-state index contributed by atoms with van der Waals surface area (Å²) in [5.74, 6) is -0.249. The van der Waals surface area contributed by atoms with Crippen molar-refractivity contribution in [2.75, 3.05) is 32.7 Å². The van der Waals surface area contributed by atoms with Crippen LogP contribution >= 0.6 is 0 Å². The monoisotopic (exact) mass is 238 g/mol. The van der Waals surface area contributed by atoms with Gasteiger partial charge in [-0.05, 0) is 30.2 Å². The molecule has 4 heteroatoms. The highest BCUT2D eigenvalue weighted by Crippen LogP contribution is 2.19. The average molecular weight is 238 g/mol. The molecule has 2 rings (SSSR count). The topological polar surface area (TPSA) is 35.5 Å². The number of aryl methyl sites for hydroxylation is 1. The van der Waals surface area contributed by atoms with E-state index in [9.17, 15) is 9.50 Å². The second-order valence-electron chi connectivity index (χ2n) is 4.57. The van der Waals surface area contributed by atoms with Crippen LogP contribution in [0.4, 0.5) is 4.39 Å². The number of aliphatic hydroxyl groups is 1. The predicted octanol–water partition coefficient (Wildman–Crippen LogP) is 1.07. The van der Waals surface area contributed by atoms with Crippen molar-refractivity contribution in [3.63, 3.8) is 0 Å². The Morgan fingerprint density at radius 2 is 2.12 bits per heavy atom. The minimum atomic E-state index is -0.534. The minimum Gasteiger partial charge on any atom is -0.387 e. The molecule has 94 valence electrons. The van der Waals surface area contributed by atoms with Gasteiger partial charge in [0.05, 0.1) is 6.10 Å². The summed E-state index contributed by atoms with van der Waals surface area (Å²) in [6.45, 7) is 6.30. The summed E-state index contributed by atoms with van der Waals surface area (Å²) in [7, 11) is 0. The lowest BCUT2D eigenvalue weighted by atomic mass is 10.0. The molecule has 1 aliphatic rings. The van der Waals surface area contributed by atoms with Gasteiger partial charge in [0, 0.05) is 32.7 Å². The van der Waals surface area contributed by atoms with Gasteiger partial charge in [-0.1, -0.05) is 6.07 Å². The second-order valence-corrected chi connectivity index (χ2v) is 4.57. The summed E-state index contributed by atoms with van der Waals surface area (Å²) in [6.07, 6.45) is -0.534. The van der Waals surface area contributed by atoms with Gasteiger partial charge in [-0.25, -0.2) is 4.39 Å². The van der Waals surface area contributed by atoms with Gasteiger partial charge in [0.1, 0.15) is 5.82 Å². The van der Waals surface area contributed by atoms with Gasteiger partial charge in [-0.3, -0.25) is 4.90 Å². The molecule has 1 fully saturated rings. The van der Waals surface area contributed by atoms with Crippen LogP contribution in [0.3, 0.4) is 0 Å². The lowest BCUT2D eigenvalue weighted by Gasteiger charge is -2.29. The van der Waals surface area contributed by atoms with Crippen LogP contribution in [0.5, 0.6) is 0 Å². The smallest absolute Gasteiger partial charge is 0.123 e.